The largest absolute Gasteiger partial charge is 0.459 e. The minimum Gasteiger partial charge on any atom is -0.459 e. The molecule has 100 valence electrons. The van der Waals surface area contributed by atoms with E-state index in [1.165, 1.54) is 11.1 Å². The fourth-order valence-corrected chi connectivity index (χ4v) is 1.99. The first-order chi connectivity index (χ1) is 7.96. The van der Waals surface area contributed by atoms with E-state index in [0.717, 1.165) is 6.54 Å². The Kier molecular flexibility index (Phi) is 4.77. The zero-order chi connectivity index (χ0) is 12.5. The minimum absolute atomic E-state index is 0. The van der Waals surface area contributed by atoms with Gasteiger partial charge in [-0.2, -0.15) is 0 Å². The highest BCUT2D eigenvalue weighted by molar-refractivity contribution is 5.85. The van der Waals surface area contributed by atoms with Gasteiger partial charge < -0.3 is 10.1 Å². The molecule has 0 unspecified atom stereocenters. The number of ether oxygens (including phenoxy) is 1. The number of benzene rings is 1. The number of esters is 1. The Hall–Kier alpha value is -1.06. The quantitative estimate of drug-likeness (QED) is 0.796. The van der Waals surface area contributed by atoms with E-state index in [0.29, 0.717) is 6.42 Å². The lowest BCUT2D eigenvalue weighted by Gasteiger charge is -2.28. The molecular weight excluding hydrogens is 250 g/mol. The molecule has 0 aliphatic carbocycles. The molecule has 1 aromatic carbocycles. The smallest absolute Gasteiger partial charge is 0.324 e. The lowest BCUT2D eigenvalue weighted by molar-refractivity contribution is -0.157. The van der Waals surface area contributed by atoms with Gasteiger partial charge in [0.25, 0.3) is 0 Å². The highest BCUT2D eigenvalue weighted by Crippen LogP contribution is 2.18. The second-order valence-electron chi connectivity index (χ2n) is 5.44. The summed E-state index contributed by atoms with van der Waals surface area (Å²) in [4.78, 5) is 11.9. The summed E-state index contributed by atoms with van der Waals surface area (Å²) in [5, 5.41) is 3.22. The highest BCUT2D eigenvalue weighted by Gasteiger charge is 2.28. The lowest BCUT2D eigenvalue weighted by atomic mass is 9.96. The third-order valence-corrected chi connectivity index (χ3v) is 2.77. The standard InChI is InChI=1S/C14H19NO2.ClH/c1-14(2,3)17-13(16)12-8-10-6-4-5-7-11(10)9-15-12;/h4-7,12,15H,8-9H2,1-3H3;1H/t12-;/m1./s1. The summed E-state index contributed by atoms with van der Waals surface area (Å²) in [7, 11) is 0. The van der Waals surface area contributed by atoms with Crippen LogP contribution in [0.3, 0.4) is 0 Å². The fourth-order valence-electron chi connectivity index (χ4n) is 1.99. The van der Waals surface area contributed by atoms with Crippen LogP contribution in [0.15, 0.2) is 24.3 Å². The maximum Gasteiger partial charge on any atom is 0.324 e. The summed E-state index contributed by atoms with van der Waals surface area (Å²) in [6.45, 7) is 6.41. The Morgan fingerprint density at radius 2 is 1.89 bits per heavy atom. The van der Waals surface area contributed by atoms with Gasteiger partial charge in [0, 0.05) is 6.54 Å². The van der Waals surface area contributed by atoms with Crippen molar-refractivity contribution in [3.63, 3.8) is 0 Å². The van der Waals surface area contributed by atoms with Crippen molar-refractivity contribution >= 4 is 18.4 Å². The van der Waals surface area contributed by atoms with Gasteiger partial charge in [0.05, 0.1) is 0 Å². The van der Waals surface area contributed by atoms with Crippen molar-refractivity contribution < 1.29 is 9.53 Å². The maximum absolute atomic E-state index is 11.9. The van der Waals surface area contributed by atoms with Gasteiger partial charge in [-0.05, 0) is 38.3 Å². The van der Waals surface area contributed by atoms with E-state index in [1.807, 2.05) is 32.9 Å². The van der Waals surface area contributed by atoms with Gasteiger partial charge in [-0.15, -0.1) is 12.4 Å². The van der Waals surface area contributed by atoms with Crippen LogP contribution in [0.5, 0.6) is 0 Å². The molecule has 0 saturated heterocycles. The topological polar surface area (TPSA) is 38.3 Å². The maximum atomic E-state index is 11.9. The number of fused-ring (bicyclic) bond motifs is 1. The summed E-state index contributed by atoms with van der Waals surface area (Å²) in [6.07, 6.45) is 0.713. The zero-order valence-corrected chi connectivity index (χ0v) is 11.8. The van der Waals surface area contributed by atoms with E-state index in [2.05, 4.69) is 17.4 Å². The van der Waals surface area contributed by atoms with E-state index in [4.69, 9.17) is 4.74 Å². The minimum atomic E-state index is -0.421. The van der Waals surface area contributed by atoms with Crippen LogP contribution in [-0.4, -0.2) is 17.6 Å². The predicted octanol–water partition coefficient (Wildman–Crippen LogP) is 2.46. The van der Waals surface area contributed by atoms with E-state index in [1.54, 1.807) is 0 Å². The fraction of sp³-hybridized carbons (Fsp3) is 0.500. The SMILES string of the molecule is CC(C)(C)OC(=O)[C@H]1Cc2ccccc2CN1.Cl. The molecule has 0 spiro atoms. The van der Waals surface area contributed by atoms with Crippen molar-refractivity contribution in [1.82, 2.24) is 5.32 Å². The first kappa shape index (κ1) is 15.0. The Balaban J connectivity index is 0.00000162. The van der Waals surface area contributed by atoms with Gasteiger partial charge in [-0.1, -0.05) is 24.3 Å². The van der Waals surface area contributed by atoms with Crippen molar-refractivity contribution in [2.75, 3.05) is 0 Å². The van der Waals surface area contributed by atoms with Crippen LogP contribution in [0.1, 0.15) is 31.9 Å². The van der Waals surface area contributed by atoms with Crippen LogP contribution in [0.4, 0.5) is 0 Å². The van der Waals surface area contributed by atoms with Crippen LogP contribution in [0.2, 0.25) is 0 Å². The summed E-state index contributed by atoms with van der Waals surface area (Å²) < 4.78 is 5.39. The molecular formula is C14H20ClNO2. The zero-order valence-electron chi connectivity index (χ0n) is 11.0. The van der Waals surface area contributed by atoms with Crippen molar-refractivity contribution in [2.24, 2.45) is 0 Å². The van der Waals surface area contributed by atoms with Crippen LogP contribution < -0.4 is 5.32 Å². The summed E-state index contributed by atoms with van der Waals surface area (Å²) in [6, 6.07) is 7.98. The molecule has 0 aromatic heterocycles. The molecule has 1 heterocycles. The Morgan fingerprint density at radius 1 is 1.28 bits per heavy atom. The van der Waals surface area contributed by atoms with Gasteiger partial charge >= 0.3 is 5.97 Å². The number of nitrogens with one attached hydrogen (secondary N) is 1. The predicted molar refractivity (Wildman–Crippen MR) is 73.9 cm³/mol. The molecule has 1 aliphatic rings. The Morgan fingerprint density at radius 3 is 2.50 bits per heavy atom. The Labute approximate surface area is 114 Å². The van der Waals surface area contributed by atoms with Crippen LogP contribution >= 0.6 is 12.4 Å². The summed E-state index contributed by atoms with van der Waals surface area (Å²) in [5.41, 5.74) is 2.09. The van der Waals surface area contributed by atoms with Crippen molar-refractivity contribution in [3.8, 4) is 0 Å². The molecule has 0 saturated carbocycles. The number of hydrogen-bond acceptors (Lipinski definition) is 3. The third kappa shape index (κ3) is 3.72. The van der Waals surface area contributed by atoms with Gasteiger partial charge in [0.15, 0.2) is 0 Å². The van der Waals surface area contributed by atoms with Gasteiger partial charge in [0.2, 0.25) is 0 Å². The molecule has 3 nitrogen and oxygen atoms in total. The normalized spacial score (nSPS) is 18.5. The van der Waals surface area contributed by atoms with Crippen molar-refractivity contribution in [1.29, 1.82) is 0 Å². The average molecular weight is 270 g/mol. The molecule has 0 radical (unpaired) electrons. The number of halogens is 1. The van der Waals surface area contributed by atoms with E-state index < -0.39 is 5.60 Å². The second-order valence-corrected chi connectivity index (χ2v) is 5.44. The third-order valence-electron chi connectivity index (χ3n) is 2.77. The van der Waals surface area contributed by atoms with Crippen LogP contribution in [0, 0.1) is 0 Å². The van der Waals surface area contributed by atoms with E-state index in [-0.39, 0.29) is 24.4 Å². The molecule has 4 heteroatoms. The van der Waals surface area contributed by atoms with Crippen LogP contribution in [0.25, 0.3) is 0 Å². The van der Waals surface area contributed by atoms with E-state index >= 15 is 0 Å². The molecule has 1 aromatic rings. The molecule has 1 atom stereocenters. The summed E-state index contributed by atoms with van der Waals surface area (Å²) >= 11 is 0. The highest BCUT2D eigenvalue weighted by atomic mass is 35.5. The molecule has 1 aliphatic heterocycles. The van der Waals surface area contributed by atoms with Crippen LogP contribution in [-0.2, 0) is 22.5 Å². The number of carbonyl (C=O) groups is 1. The second kappa shape index (κ2) is 5.72. The molecule has 18 heavy (non-hydrogen) atoms. The monoisotopic (exact) mass is 269 g/mol. The number of carbonyl (C=O) groups excluding carboxylic acids is 1. The average Bonchev–Trinajstić information content (AvgIpc) is 2.26. The van der Waals surface area contributed by atoms with Crippen molar-refractivity contribution in [3.05, 3.63) is 35.4 Å². The van der Waals surface area contributed by atoms with Crippen molar-refractivity contribution in [2.45, 2.75) is 45.4 Å². The molecule has 0 fully saturated rings. The lowest BCUT2D eigenvalue weighted by Crippen LogP contribution is -2.45. The number of hydrogen-bond donors (Lipinski definition) is 1. The molecule has 2 rings (SSSR count). The summed E-state index contributed by atoms with van der Waals surface area (Å²) in [5.74, 6) is -0.160. The van der Waals surface area contributed by atoms with E-state index in [9.17, 15) is 4.79 Å². The molecule has 0 bridgehead atoms. The first-order valence-corrected chi connectivity index (χ1v) is 5.99. The molecule has 0 amide bonds. The number of rotatable bonds is 1. The van der Waals surface area contributed by atoms with Gasteiger partial charge in [-0.25, -0.2) is 0 Å². The first-order valence-electron chi connectivity index (χ1n) is 5.99. The Bertz CT molecular complexity index is 426. The molecule has 1 N–H and O–H groups in total. The van der Waals surface area contributed by atoms with Gasteiger partial charge in [0.1, 0.15) is 11.6 Å². The van der Waals surface area contributed by atoms with Gasteiger partial charge in [-0.3, -0.25) is 4.79 Å².